The summed E-state index contributed by atoms with van der Waals surface area (Å²) in [5.74, 6) is 0.554. The number of thiazole rings is 2. The Hall–Kier alpha value is -3.69. The topological polar surface area (TPSA) is 88.3 Å². The van der Waals surface area contributed by atoms with Crippen LogP contribution in [0.1, 0.15) is 24.5 Å². The van der Waals surface area contributed by atoms with Crippen molar-refractivity contribution in [3.8, 4) is 27.6 Å². The number of hydrogen-bond donors (Lipinski definition) is 1. The van der Waals surface area contributed by atoms with Crippen molar-refractivity contribution in [2.75, 3.05) is 0 Å². The molecule has 0 spiro atoms. The van der Waals surface area contributed by atoms with Gasteiger partial charge in [-0.15, -0.1) is 32.9 Å². The molecule has 1 fully saturated rings. The molecule has 1 saturated carbocycles. The fourth-order valence-electron chi connectivity index (χ4n) is 3.55. The largest absolute Gasteiger partial charge is 0.301 e. The summed E-state index contributed by atoms with van der Waals surface area (Å²) in [6.45, 7) is 0. The van der Waals surface area contributed by atoms with Crippen LogP contribution in [0.2, 0.25) is 0 Å². The summed E-state index contributed by atoms with van der Waals surface area (Å²) in [7, 11) is 0. The maximum atomic E-state index is 13.4. The van der Waals surface area contributed by atoms with Gasteiger partial charge in [-0.05, 0) is 12.8 Å². The van der Waals surface area contributed by atoms with Gasteiger partial charge in [-0.2, -0.15) is 4.68 Å². The Morgan fingerprint density at radius 1 is 0.879 bits per heavy atom. The molecule has 3 heterocycles. The van der Waals surface area contributed by atoms with Crippen LogP contribution in [-0.2, 0) is 0 Å². The second kappa shape index (κ2) is 8.34. The van der Waals surface area contributed by atoms with Crippen molar-refractivity contribution < 1.29 is 0 Å². The van der Waals surface area contributed by atoms with Gasteiger partial charge in [0, 0.05) is 27.8 Å². The monoisotopic (exact) mass is 470 g/mol. The van der Waals surface area contributed by atoms with Crippen LogP contribution in [-0.4, -0.2) is 19.7 Å². The lowest BCUT2D eigenvalue weighted by atomic mass is 10.1. The fraction of sp³-hybridized carbons (Fsp3) is 0.125. The molecule has 1 aliphatic rings. The minimum Gasteiger partial charge on any atom is -0.286 e. The van der Waals surface area contributed by atoms with E-state index in [1.807, 2.05) is 71.4 Å². The first kappa shape index (κ1) is 20.0. The van der Waals surface area contributed by atoms with Crippen LogP contribution in [0.5, 0.6) is 0 Å². The van der Waals surface area contributed by atoms with E-state index < -0.39 is 0 Å². The van der Waals surface area contributed by atoms with E-state index in [0.717, 1.165) is 22.5 Å². The van der Waals surface area contributed by atoms with Crippen LogP contribution in [0, 0.1) is 0 Å². The summed E-state index contributed by atoms with van der Waals surface area (Å²) < 4.78 is 1.44. The van der Waals surface area contributed by atoms with Gasteiger partial charge >= 0.3 is 5.56 Å². The van der Waals surface area contributed by atoms with E-state index in [0.29, 0.717) is 21.9 Å². The van der Waals surface area contributed by atoms with Crippen molar-refractivity contribution in [3.63, 3.8) is 0 Å². The van der Waals surface area contributed by atoms with Crippen LogP contribution in [0.25, 0.3) is 27.6 Å². The van der Waals surface area contributed by atoms with Gasteiger partial charge in [0.1, 0.15) is 0 Å². The molecular formula is C24H18N6OS2. The van der Waals surface area contributed by atoms with E-state index in [1.165, 1.54) is 40.2 Å². The Bertz CT molecular complexity index is 1490. The van der Waals surface area contributed by atoms with Gasteiger partial charge in [-0.3, -0.25) is 9.89 Å². The molecule has 0 radical (unpaired) electrons. The molecule has 6 rings (SSSR count). The molecular weight excluding hydrogens is 452 g/mol. The van der Waals surface area contributed by atoms with E-state index in [-0.39, 0.29) is 11.2 Å². The normalized spacial score (nSPS) is 13.7. The Kier molecular flexibility index (Phi) is 5.04. The number of benzene rings is 2. The van der Waals surface area contributed by atoms with Crippen molar-refractivity contribution in [3.05, 3.63) is 87.5 Å². The zero-order valence-electron chi connectivity index (χ0n) is 17.4. The highest BCUT2D eigenvalue weighted by atomic mass is 32.1. The molecule has 162 valence electrons. The second-order valence-corrected chi connectivity index (χ2v) is 9.43. The zero-order chi connectivity index (χ0) is 22.2. The molecule has 0 bridgehead atoms. The standard InChI is InChI=1S/C24H18N6OS2/c31-22-21(27-28-23-25-18(13-32-23)16-11-12-16)20(17-9-5-2-6-10-17)29-30(22)24-26-19(14-33-24)15-7-3-1-4-8-15/h1-10,13-14,16,29H,11-12H2. The highest BCUT2D eigenvalue weighted by Crippen LogP contribution is 2.41. The van der Waals surface area contributed by atoms with Crippen LogP contribution >= 0.6 is 22.7 Å². The highest BCUT2D eigenvalue weighted by Gasteiger charge is 2.26. The minimum atomic E-state index is -0.300. The molecule has 0 atom stereocenters. The van der Waals surface area contributed by atoms with Gasteiger partial charge < -0.3 is 0 Å². The Balaban J connectivity index is 1.41. The molecule has 7 nitrogen and oxygen atoms in total. The lowest BCUT2D eigenvalue weighted by Crippen LogP contribution is -2.13. The zero-order valence-corrected chi connectivity index (χ0v) is 19.0. The van der Waals surface area contributed by atoms with Crippen LogP contribution in [0.3, 0.4) is 0 Å². The van der Waals surface area contributed by atoms with Gasteiger partial charge in [-0.1, -0.05) is 60.7 Å². The average molecular weight is 471 g/mol. The molecule has 9 heteroatoms. The Labute approximate surface area is 197 Å². The predicted molar refractivity (Wildman–Crippen MR) is 131 cm³/mol. The van der Waals surface area contributed by atoms with Crippen LogP contribution in [0.15, 0.2) is 86.4 Å². The van der Waals surface area contributed by atoms with Crippen molar-refractivity contribution in [1.82, 2.24) is 19.7 Å². The maximum Gasteiger partial charge on any atom is 0.301 e. The quantitative estimate of drug-likeness (QED) is 0.280. The van der Waals surface area contributed by atoms with Gasteiger partial charge in [0.15, 0.2) is 5.69 Å². The number of aromatic amines is 1. The first-order chi connectivity index (χ1) is 16.3. The van der Waals surface area contributed by atoms with E-state index >= 15 is 0 Å². The van der Waals surface area contributed by atoms with Crippen molar-refractivity contribution in [2.45, 2.75) is 18.8 Å². The Morgan fingerprint density at radius 3 is 2.33 bits per heavy atom. The number of aromatic nitrogens is 4. The maximum absolute atomic E-state index is 13.4. The summed E-state index contributed by atoms with van der Waals surface area (Å²) in [5.41, 5.74) is 4.26. The minimum absolute atomic E-state index is 0.237. The third kappa shape index (κ3) is 3.96. The van der Waals surface area contributed by atoms with Gasteiger partial charge in [-0.25, -0.2) is 9.97 Å². The molecule has 5 aromatic rings. The van der Waals surface area contributed by atoms with Crippen molar-refractivity contribution in [2.24, 2.45) is 10.2 Å². The van der Waals surface area contributed by atoms with Crippen LogP contribution in [0.4, 0.5) is 10.8 Å². The molecule has 0 unspecified atom stereocenters. The molecule has 0 saturated heterocycles. The first-order valence-electron chi connectivity index (χ1n) is 10.6. The number of nitrogens with zero attached hydrogens (tertiary/aromatic N) is 5. The lowest BCUT2D eigenvalue weighted by molar-refractivity contribution is 0.843. The van der Waals surface area contributed by atoms with E-state index in [9.17, 15) is 4.79 Å². The summed E-state index contributed by atoms with van der Waals surface area (Å²) in [5, 5.41) is 16.9. The number of rotatable bonds is 6. The highest BCUT2D eigenvalue weighted by molar-refractivity contribution is 7.13. The molecule has 2 aromatic carbocycles. The summed E-state index contributed by atoms with van der Waals surface area (Å²) in [6, 6.07) is 19.5. The Morgan fingerprint density at radius 2 is 1.61 bits per heavy atom. The number of H-pyrrole nitrogens is 1. The molecule has 0 aliphatic heterocycles. The summed E-state index contributed by atoms with van der Waals surface area (Å²) in [4.78, 5) is 22.6. The number of nitrogens with one attached hydrogen (secondary N) is 1. The van der Waals surface area contributed by atoms with Crippen molar-refractivity contribution >= 4 is 33.5 Å². The SMILES string of the molecule is O=c1c(N=Nc2nc(C3CC3)cs2)c(-c2ccccc2)[nH]n1-c1nc(-c2ccccc2)cs1. The summed E-state index contributed by atoms with van der Waals surface area (Å²) in [6.07, 6.45) is 2.36. The van der Waals surface area contributed by atoms with Crippen molar-refractivity contribution in [1.29, 1.82) is 0 Å². The van der Waals surface area contributed by atoms with Gasteiger partial charge in [0.2, 0.25) is 10.3 Å². The third-order valence-corrected chi connectivity index (χ3v) is 6.99. The third-order valence-electron chi connectivity index (χ3n) is 5.42. The first-order valence-corrected chi connectivity index (χ1v) is 12.3. The number of hydrogen-bond acceptors (Lipinski definition) is 7. The molecule has 33 heavy (non-hydrogen) atoms. The fourth-order valence-corrected chi connectivity index (χ4v) is 5.06. The second-order valence-electron chi connectivity index (χ2n) is 7.75. The molecule has 3 aromatic heterocycles. The van der Waals surface area contributed by atoms with E-state index in [2.05, 4.69) is 25.3 Å². The molecule has 1 aliphatic carbocycles. The van der Waals surface area contributed by atoms with Gasteiger partial charge in [0.05, 0.1) is 17.1 Å². The van der Waals surface area contributed by atoms with Crippen LogP contribution < -0.4 is 5.56 Å². The summed E-state index contributed by atoms with van der Waals surface area (Å²) >= 11 is 2.84. The lowest BCUT2D eigenvalue weighted by Gasteiger charge is -1.99. The smallest absolute Gasteiger partial charge is 0.286 e. The molecule has 0 amide bonds. The van der Waals surface area contributed by atoms with E-state index in [4.69, 9.17) is 0 Å². The predicted octanol–water partition coefficient (Wildman–Crippen LogP) is 6.71. The van der Waals surface area contributed by atoms with E-state index in [1.54, 1.807) is 0 Å². The molecule has 1 N–H and O–H groups in total. The average Bonchev–Trinajstić information content (AvgIpc) is 3.27. The van der Waals surface area contributed by atoms with Gasteiger partial charge in [0.25, 0.3) is 0 Å². The number of azo groups is 1.